The number of methoxy groups -OCH3 is 1. The minimum Gasteiger partial charge on any atom is -0.494 e. The predicted molar refractivity (Wildman–Crippen MR) is 138 cm³/mol. The van der Waals surface area contributed by atoms with Crippen LogP contribution in [0.1, 0.15) is 52.2 Å². The summed E-state index contributed by atoms with van der Waals surface area (Å²) in [4.78, 5) is 39.0. The number of nitrogens with one attached hydrogen (secondary N) is 2. The molecule has 4 aromatic heterocycles. The Labute approximate surface area is 220 Å². The van der Waals surface area contributed by atoms with Crippen molar-refractivity contribution in [1.82, 2.24) is 29.9 Å². The van der Waals surface area contributed by atoms with Crippen LogP contribution in [0.2, 0.25) is 5.15 Å². The number of nitrogens with zero attached hydrogens (tertiary/aromatic N) is 5. The number of imidazole rings is 1. The zero-order valence-electron chi connectivity index (χ0n) is 20.1. The molecule has 3 N–H and O–H groups in total. The molecule has 13 heteroatoms. The highest BCUT2D eigenvalue weighted by Gasteiger charge is 2.26. The van der Waals surface area contributed by atoms with E-state index < -0.39 is 12.0 Å². The molecule has 4 aromatic rings. The van der Waals surface area contributed by atoms with E-state index in [9.17, 15) is 14.7 Å². The van der Waals surface area contributed by atoms with Gasteiger partial charge in [-0.15, -0.1) is 5.10 Å². The van der Waals surface area contributed by atoms with Crippen LogP contribution < -0.4 is 15.4 Å². The lowest BCUT2D eigenvalue weighted by atomic mass is 9.92. The second kappa shape index (κ2) is 10.4. The summed E-state index contributed by atoms with van der Waals surface area (Å²) in [5, 5.41) is 20.7. The van der Waals surface area contributed by atoms with Gasteiger partial charge in [-0.25, -0.2) is 14.5 Å². The fraction of sp³-hybridized carbons (Fsp3) is 0.333. The number of aliphatic hydroxyl groups excluding tert-OH is 1. The maximum Gasteiger partial charge on any atom is 0.271 e. The second-order valence-corrected chi connectivity index (χ2v) is 10.1. The molecule has 1 aliphatic rings. The van der Waals surface area contributed by atoms with E-state index in [0.29, 0.717) is 44.6 Å². The van der Waals surface area contributed by atoms with E-state index >= 15 is 0 Å². The van der Waals surface area contributed by atoms with Gasteiger partial charge in [0.05, 0.1) is 37.2 Å². The molecule has 0 spiro atoms. The van der Waals surface area contributed by atoms with Crippen LogP contribution in [0.25, 0.3) is 16.1 Å². The van der Waals surface area contributed by atoms with E-state index in [-0.39, 0.29) is 22.8 Å². The number of rotatable bonds is 6. The summed E-state index contributed by atoms with van der Waals surface area (Å²) >= 11 is 7.24. The molecule has 4 heterocycles. The van der Waals surface area contributed by atoms with Gasteiger partial charge in [-0.1, -0.05) is 35.8 Å². The number of aryl methyl sites for hydroxylation is 1. The fourth-order valence-electron chi connectivity index (χ4n) is 4.30. The summed E-state index contributed by atoms with van der Waals surface area (Å²) in [6.07, 6.45) is 7.24. The number of pyridine rings is 2. The van der Waals surface area contributed by atoms with Gasteiger partial charge >= 0.3 is 0 Å². The largest absolute Gasteiger partial charge is 0.494 e. The van der Waals surface area contributed by atoms with Crippen LogP contribution in [0.4, 0.5) is 5.13 Å². The number of amides is 2. The third-order valence-electron chi connectivity index (χ3n) is 6.17. The predicted octanol–water partition coefficient (Wildman–Crippen LogP) is 3.50. The molecule has 0 unspecified atom stereocenters. The number of fused-ring (bicyclic) bond motifs is 1. The van der Waals surface area contributed by atoms with Gasteiger partial charge in [0, 0.05) is 23.0 Å². The summed E-state index contributed by atoms with van der Waals surface area (Å²) in [5.74, 6) is -0.336. The first-order valence-electron chi connectivity index (χ1n) is 11.7. The lowest BCUT2D eigenvalue weighted by Crippen LogP contribution is -2.45. The Kier molecular flexibility index (Phi) is 7.04. The minimum atomic E-state index is -0.550. The molecule has 192 valence electrons. The van der Waals surface area contributed by atoms with Gasteiger partial charge in [-0.05, 0) is 31.9 Å². The Morgan fingerprint density at radius 2 is 1.97 bits per heavy atom. The van der Waals surface area contributed by atoms with Gasteiger partial charge in [-0.3, -0.25) is 19.9 Å². The van der Waals surface area contributed by atoms with Crippen LogP contribution in [0.5, 0.6) is 5.75 Å². The van der Waals surface area contributed by atoms with E-state index in [1.807, 2.05) is 6.92 Å². The highest BCUT2D eigenvalue weighted by atomic mass is 35.5. The molecule has 1 saturated carbocycles. The molecule has 37 heavy (non-hydrogen) atoms. The number of carbonyl (C=O) groups excluding carboxylic acids is 2. The Morgan fingerprint density at radius 3 is 2.73 bits per heavy atom. The Bertz CT molecular complexity index is 1460. The summed E-state index contributed by atoms with van der Waals surface area (Å²) in [6.45, 7) is 1.82. The number of ether oxygens (including phenoxy) is 1. The SMILES string of the molecule is COc1cnc(Cl)cc1-c1cc(C)ncc1C(=O)Nc1nn2cc(C(=O)N[C@@H]3CCCC[C@@H]3O)nc2s1. The van der Waals surface area contributed by atoms with Crippen LogP contribution in [-0.4, -0.2) is 60.7 Å². The van der Waals surface area contributed by atoms with Crippen LogP contribution in [0, 0.1) is 6.92 Å². The molecule has 0 radical (unpaired) electrons. The monoisotopic (exact) mass is 541 g/mol. The first kappa shape index (κ1) is 25.1. The van der Waals surface area contributed by atoms with Gasteiger partial charge < -0.3 is 15.2 Å². The summed E-state index contributed by atoms with van der Waals surface area (Å²) in [6, 6.07) is 3.11. The Hall–Kier alpha value is -3.61. The van der Waals surface area contributed by atoms with Crippen molar-refractivity contribution in [2.75, 3.05) is 12.4 Å². The van der Waals surface area contributed by atoms with E-state index in [2.05, 4.69) is 30.7 Å². The Morgan fingerprint density at radius 1 is 1.16 bits per heavy atom. The average Bonchev–Trinajstić information content (AvgIpc) is 3.44. The number of aliphatic hydroxyl groups is 1. The lowest BCUT2D eigenvalue weighted by molar-refractivity contribution is 0.0714. The second-order valence-electron chi connectivity index (χ2n) is 8.72. The van der Waals surface area contributed by atoms with E-state index in [0.717, 1.165) is 30.6 Å². The number of hydrogen-bond donors (Lipinski definition) is 3. The zero-order chi connectivity index (χ0) is 26.1. The van der Waals surface area contributed by atoms with Crippen molar-refractivity contribution in [2.45, 2.75) is 44.8 Å². The lowest BCUT2D eigenvalue weighted by Gasteiger charge is -2.27. The molecule has 0 bridgehead atoms. The van der Waals surface area contributed by atoms with Crippen molar-refractivity contribution in [2.24, 2.45) is 0 Å². The molecule has 0 saturated heterocycles. The normalized spacial score (nSPS) is 17.5. The van der Waals surface area contributed by atoms with Crippen LogP contribution in [0.15, 0.2) is 30.7 Å². The molecule has 0 aliphatic heterocycles. The van der Waals surface area contributed by atoms with E-state index in [1.165, 1.54) is 30.2 Å². The van der Waals surface area contributed by atoms with Crippen LogP contribution in [0.3, 0.4) is 0 Å². The smallest absolute Gasteiger partial charge is 0.271 e. The molecule has 0 aromatic carbocycles. The van der Waals surface area contributed by atoms with E-state index in [1.54, 1.807) is 12.1 Å². The van der Waals surface area contributed by atoms with E-state index in [4.69, 9.17) is 16.3 Å². The third kappa shape index (κ3) is 5.26. The maximum absolute atomic E-state index is 13.2. The summed E-state index contributed by atoms with van der Waals surface area (Å²) in [5.41, 5.74) is 2.38. The van der Waals surface area contributed by atoms with Gasteiger partial charge in [0.2, 0.25) is 10.1 Å². The fourth-order valence-corrected chi connectivity index (χ4v) is 5.23. The molecular weight excluding hydrogens is 518 g/mol. The van der Waals surface area contributed by atoms with Gasteiger partial charge in [0.25, 0.3) is 11.8 Å². The van der Waals surface area contributed by atoms with Crippen molar-refractivity contribution < 1.29 is 19.4 Å². The molecule has 5 rings (SSSR count). The summed E-state index contributed by atoms with van der Waals surface area (Å²) < 4.78 is 6.86. The topological polar surface area (TPSA) is 144 Å². The number of anilines is 1. The van der Waals surface area contributed by atoms with Crippen molar-refractivity contribution in [3.63, 3.8) is 0 Å². The summed E-state index contributed by atoms with van der Waals surface area (Å²) in [7, 11) is 1.51. The maximum atomic E-state index is 13.2. The minimum absolute atomic E-state index is 0.195. The van der Waals surface area contributed by atoms with Crippen molar-refractivity contribution in [3.8, 4) is 16.9 Å². The van der Waals surface area contributed by atoms with Crippen molar-refractivity contribution in [3.05, 3.63) is 52.8 Å². The number of carbonyl (C=O) groups is 2. The highest BCUT2D eigenvalue weighted by molar-refractivity contribution is 7.20. The van der Waals surface area contributed by atoms with Crippen molar-refractivity contribution in [1.29, 1.82) is 0 Å². The zero-order valence-corrected chi connectivity index (χ0v) is 21.6. The Balaban J connectivity index is 1.36. The van der Waals surface area contributed by atoms with Crippen LogP contribution >= 0.6 is 22.9 Å². The van der Waals surface area contributed by atoms with Gasteiger partial charge in [-0.2, -0.15) is 0 Å². The highest BCUT2D eigenvalue weighted by Crippen LogP contribution is 2.34. The average molecular weight is 542 g/mol. The first-order chi connectivity index (χ1) is 17.8. The standard InChI is InChI=1S/C24H24ClN7O4S/c1-12-7-13(14-8-20(25)27-10-19(14)36-2)15(9-26-12)21(34)30-23-31-32-11-17(29-24(32)37-23)22(35)28-16-5-3-4-6-18(16)33/h7-11,16,18,33H,3-6H2,1-2H3,(H,28,35)(H,30,31,34)/t16-,18+/m1/s1. The van der Waals surface area contributed by atoms with Crippen LogP contribution in [-0.2, 0) is 0 Å². The molecule has 2 atom stereocenters. The first-order valence-corrected chi connectivity index (χ1v) is 12.8. The number of hydrogen-bond acceptors (Lipinski definition) is 9. The number of halogens is 1. The van der Waals surface area contributed by atoms with Crippen molar-refractivity contribution >= 4 is 44.8 Å². The molecule has 11 nitrogen and oxygen atoms in total. The quantitative estimate of drug-likeness (QED) is 0.315. The third-order valence-corrected chi connectivity index (χ3v) is 7.22. The molecule has 1 fully saturated rings. The van der Waals surface area contributed by atoms with Gasteiger partial charge in [0.15, 0.2) is 0 Å². The van der Waals surface area contributed by atoms with Gasteiger partial charge in [0.1, 0.15) is 16.6 Å². The molecular formula is C24H24ClN7O4S. The molecule has 1 aliphatic carbocycles. The molecule has 2 amide bonds. The number of aromatic nitrogens is 5.